The molecule has 0 unspecified atom stereocenters. The van der Waals surface area contributed by atoms with Gasteiger partial charge in [0.2, 0.25) is 0 Å². The number of methoxy groups -OCH3 is 1. The number of carbonyl (C=O) groups excluding carboxylic acids is 1. The molecule has 0 bridgehead atoms. The van der Waals surface area contributed by atoms with Crippen LogP contribution in [0.1, 0.15) is 11.1 Å². The van der Waals surface area contributed by atoms with E-state index in [0.29, 0.717) is 17.9 Å². The second-order valence-electron chi connectivity index (χ2n) is 5.07. The molecule has 2 rings (SSSR count). The number of allylic oxidation sites excluding steroid dienone is 1. The number of nitrogens with one attached hydrogen (secondary N) is 1. The molecule has 0 saturated carbocycles. The highest BCUT2D eigenvalue weighted by Crippen LogP contribution is 2.21. The molecule has 0 aliphatic rings. The number of amides is 1. The number of rotatable bonds is 8. The average molecular weight is 403 g/mol. The molecule has 0 spiro atoms. The van der Waals surface area contributed by atoms with Crippen molar-refractivity contribution in [1.82, 2.24) is 5.43 Å². The SMILES string of the molecule is C=CCc1ccccc1OCC(=O)N/N=C\c1cc(OC)ccc1Br. The first kappa shape index (κ1) is 18.7. The highest BCUT2D eigenvalue weighted by molar-refractivity contribution is 9.10. The van der Waals surface area contributed by atoms with Crippen LogP contribution < -0.4 is 14.9 Å². The third kappa shape index (κ3) is 5.76. The molecular weight excluding hydrogens is 384 g/mol. The van der Waals surface area contributed by atoms with Gasteiger partial charge < -0.3 is 9.47 Å². The maximum absolute atomic E-state index is 11.9. The zero-order chi connectivity index (χ0) is 18.1. The number of ether oxygens (including phenoxy) is 2. The van der Waals surface area contributed by atoms with Gasteiger partial charge in [-0.15, -0.1) is 6.58 Å². The normalized spacial score (nSPS) is 10.5. The van der Waals surface area contributed by atoms with Crippen LogP contribution in [-0.2, 0) is 11.2 Å². The van der Waals surface area contributed by atoms with Crippen LogP contribution in [0.3, 0.4) is 0 Å². The van der Waals surface area contributed by atoms with Gasteiger partial charge in [0, 0.05) is 10.0 Å². The Hall–Kier alpha value is -2.60. The number of hydrogen-bond donors (Lipinski definition) is 1. The fraction of sp³-hybridized carbons (Fsp3) is 0.158. The van der Waals surface area contributed by atoms with E-state index >= 15 is 0 Å². The van der Waals surface area contributed by atoms with E-state index in [1.807, 2.05) is 42.5 Å². The van der Waals surface area contributed by atoms with E-state index in [2.05, 4.69) is 33.0 Å². The van der Waals surface area contributed by atoms with E-state index < -0.39 is 0 Å². The number of para-hydroxylation sites is 1. The molecule has 2 aromatic rings. The zero-order valence-electron chi connectivity index (χ0n) is 13.9. The first-order valence-electron chi connectivity index (χ1n) is 7.61. The van der Waals surface area contributed by atoms with E-state index in [-0.39, 0.29) is 12.5 Å². The lowest BCUT2D eigenvalue weighted by molar-refractivity contribution is -0.123. The predicted molar refractivity (Wildman–Crippen MR) is 102 cm³/mol. The van der Waals surface area contributed by atoms with Crippen molar-refractivity contribution < 1.29 is 14.3 Å². The molecule has 0 radical (unpaired) electrons. The molecule has 0 aliphatic carbocycles. The summed E-state index contributed by atoms with van der Waals surface area (Å²) in [5.74, 6) is 1.03. The van der Waals surface area contributed by atoms with Gasteiger partial charge in [0.05, 0.1) is 13.3 Å². The van der Waals surface area contributed by atoms with Crippen LogP contribution in [0.15, 0.2) is 64.7 Å². The van der Waals surface area contributed by atoms with Gasteiger partial charge >= 0.3 is 0 Å². The summed E-state index contributed by atoms with van der Waals surface area (Å²) in [5.41, 5.74) is 4.21. The van der Waals surface area contributed by atoms with Crippen molar-refractivity contribution in [1.29, 1.82) is 0 Å². The van der Waals surface area contributed by atoms with Crippen LogP contribution in [0.25, 0.3) is 0 Å². The smallest absolute Gasteiger partial charge is 0.277 e. The van der Waals surface area contributed by atoms with Gasteiger partial charge in [-0.2, -0.15) is 5.10 Å². The van der Waals surface area contributed by atoms with Crippen molar-refractivity contribution >= 4 is 28.1 Å². The van der Waals surface area contributed by atoms with Crippen LogP contribution >= 0.6 is 15.9 Å². The molecule has 25 heavy (non-hydrogen) atoms. The van der Waals surface area contributed by atoms with Crippen LogP contribution in [-0.4, -0.2) is 25.8 Å². The number of halogens is 1. The lowest BCUT2D eigenvalue weighted by Gasteiger charge is -2.09. The second-order valence-corrected chi connectivity index (χ2v) is 5.92. The molecule has 5 nitrogen and oxygen atoms in total. The van der Waals surface area contributed by atoms with E-state index in [4.69, 9.17) is 9.47 Å². The van der Waals surface area contributed by atoms with Gasteiger partial charge in [-0.3, -0.25) is 4.79 Å². The second kappa shape index (κ2) is 9.64. The number of hydrazone groups is 1. The maximum Gasteiger partial charge on any atom is 0.277 e. The largest absolute Gasteiger partial charge is 0.497 e. The van der Waals surface area contributed by atoms with Gasteiger partial charge in [0.25, 0.3) is 5.91 Å². The Balaban J connectivity index is 1.90. The highest BCUT2D eigenvalue weighted by Gasteiger charge is 2.05. The van der Waals surface area contributed by atoms with E-state index in [1.54, 1.807) is 13.2 Å². The lowest BCUT2D eigenvalue weighted by atomic mass is 10.1. The Bertz CT molecular complexity index is 775. The van der Waals surface area contributed by atoms with Crippen molar-refractivity contribution in [2.75, 3.05) is 13.7 Å². The van der Waals surface area contributed by atoms with Gasteiger partial charge in [-0.05, 0) is 36.2 Å². The number of carbonyl (C=O) groups is 1. The molecule has 6 heteroatoms. The van der Waals surface area contributed by atoms with E-state index in [1.165, 1.54) is 6.21 Å². The predicted octanol–water partition coefficient (Wildman–Crippen LogP) is 3.72. The summed E-state index contributed by atoms with van der Waals surface area (Å²) >= 11 is 3.42. The van der Waals surface area contributed by atoms with Crippen LogP contribution in [0, 0.1) is 0 Å². The van der Waals surface area contributed by atoms with Crippen LogP contribution in [0.5, 0.6) is 11.5 Å². The summed E-state index contributed by atoms with van der Waals surface area (Å²) < 4.78 is 11.6. The zero-order valence-corrected chi connectivity index (χ0v) is 15.5. The minimum Gasteiger partial charge on any atom is -0.497 e. The summed E-state index contributed by atoms with van der Waals surface area (Å²) in [7, 11) is 1.59. The van der Waals surface area contributed by atoms with Crippen molar-refractivity contribution in [2.24, 2.45) is 5.10 Å². The molecule has 0 aliphatic heterocycles. The van der Waals surface area contributed by atoms with E-state index in [0.717, 1.165) is 15.6 Å². The fourth-order valence-electron chi connectivity index (χ4n) is 2.07. The van der Waals surface area contributed by atoms with Crippen molar-refractivity contribution in [3.63, 3.8) is 0 Å². The van der Waals surface area contributed by atoms with Gasteiger partial charge in [-0.25, -0.2) is 5.43 Å². The maximum atomic E-state index is 11.9. The molecule has 1 amide bonds. The molecule has 130 valence electrons. The number of hydrogen-bond acceptors (Lipinski definition) is 4. The lowest BCUT2D eigenvalue weighted by Crippen LogP contribution is -2.24. The Labute approximate surface area is 155 Å². The first-order valence-corrected chi connectivity index (χ1v) is 8.40. The molecule has 2 aromatic carbocycles. The van der Waals surface area contributed by atoms with Gasteiger partial charge in [-0.1, -0.05) is 40.2 Å². The Kier molecular flexibility index (Phi) is 7.22. The molecule has 1 N–H and O–H groups in total. The van der Waals surface area contributed by atoms with Gasteiger partial charge in [0.1, 0.15) is 11.5 Å². The summed E-state index contributed by atoms with van der Waals surface area (Å²) in [6, 6.07) is 13.0. The number of benzene rings is 2. The third-order valence-corrected chi connectivity index (χ3v) is 4.01. The fourth-order valence-corrected chi connectivity index (χ4v) is 2.41. The average Bonchev–Trinajstić information content (AvgIpc) is 2.63. The van der Waals surface area contributed by atoms with Crippen molar-refractivity contribution in [3.05, 3.63) is 70.7 Å². The van der Waals surface area contributed by atoms with Gasteiger partial charge in [0.15, 0.2) is 6.61 Å². The Morgan fingerprint density at radius 1 is 1.32 bits per heavy atom. The van der Waals surface area contributed by atoms with Crippen LogP contribution in [0.2, 0.25) is 0 Å². The molecule has 0 fully saturated rings. The molecular formula is C19H19BrN2O3. The monoisotopic (exact) mass is 402 g/mol. The van der Waals surface area contributed by atoms with Crippen LogP contribution in [0.4, 0.5) is 0 Å². The summed E-state index contributed by atoms with van der Waals surface area (Å²) in [4.78, 5) is 11.9. The Morgan fingerprint density at radius 2 is 2.12 bits per heavy atom. The Morgan fingerprint density at radius 3 is 2.88 bits per heavy atom. The molecule has 0 saturated heterocycles. The standard InChI is InChI=1S/C19H19BrN2O3/c1-3-6-14-7-4-5-8-18(14)25-13-19(23)22-21-12-15-11-16(24-2)9-10-17(15)20/h3-5,7-12H,1,6,13H2,2H3,(H,22,23)/b21-12-. The van der Waals surface area contributed by atoms with Crippen molar-refractivity contribution in [3.8, 4) is 11.5 Å². The number of nitrogens with zero attached hydrogens (tertiary/aromatic N) is 1. The minimum absolute atomic E-state index is 0.120. The molecule has 0 aromatic heterocycles. The summed E-state index contributed by atoms with van der Waals surface area (Å²) in [6.07, 6.45) is 4.01. The first-order chi connectivity index (χ1) is 12.1. The van der Waals surface area contributed by atoms with Crippen molar-refractivity contribution in [2.45, 2.75) is 6.42 Å². The molecule has 0 atom stereocenters. The third-order valence-electron chi connectivity index (χ3n) is 3.29. The topological polar surface area (TPSA) is 59.9 Å². The molecule has 0 heterocycles. The van der Waals surface area contributed by atoms with E-state index in [9.17, 15) is 4.79 Å². The summed E-state index contributed by atoms with van der Waals surface area (Å²) in [5, 5.41) is 3.94. The summed E-state index contributed by atoms with van der Waals surface area (Å²) in [6.45, 7) is 3.59. The minimum atomic E-state index is -0.344. The highest BCUT2D eigenvalue weighted by atomic mass is 79.9. The quantitative estimate of drug-likeness (QED) is 0.415.